The molecule has 0 saturated carbocycles. The Labute approximate surface area is 100.0 Å². The predicted molar refractivity (Wildman–Crippen MR) is 66.6 cm³/mol. The van der Waals surface area contributed by atoms with Crippen molar-refractivity contribution in [2.24, 2.45) is 10.5 Å². The average Bonchev–Trinajstić information content (AvgIpc) is 2.21. The molecule has 5 N–H and O–H groups in total. The van der Waals surface area contributed by atoms with Gasteiger partial charge in [0.15, 0.2) is 0 Å². The molecule has 0 aromatic heterocycles. The minimum absolute atomic E-state index is 0.143. The molecule has 0 aliphatic carbocycles. The fourth-order valence-corrected chi connectivity index (χ4v) is 2.08. The molecule has 0 saturated heterocycles. The summed E-state index contributed by atoms with van der Waals surface area (Å²) in [6, 6.07) is 4.88. The van der Waals surface area contributed by atoms with Crippen molar-refractivity contribution in [1.82, 2.24) is 5.43 Å². The molecule has 1 aliphatic heterocycles. The zero-order valence-corrected chi connectivity index (χ0v) is 9.94. The van der Waals surface area contributed by atoms with Gasteiger partial charge in [-0.2, -0.15) is 5.10 Å². The van der Waals surface area contributed by atoms with E-state index >= 15 is 0 Å². The molecular formula is C12H17N3O2. The van der Waals surface area contributed by atoms with Crippen LogP contribution in [0.1, 0.15) is 25.8 Å². The van der Waals surface area contributed by atoms with Crippen LogP contribution in [0.5, 0.6) is 5.75 Å². The molecule has 0 amide bonds. The number of nitrogen functional groups attached to an aromatic ring is 1. The van der Waals surface area contributed by atoms with Gasteiger partial charge in [0, 0.05) is 23.1 Å². The highest BCUT2D eigenvalue weighted by Gasteiger charge is 2.34. The molecule has 1 aliphatic rings. The van der Waals surface area contributed by atoms with Crippen molar-refractivity contribution in [3.05, 3.63) is 23.8 Å². The Hall–Kier alpha value is -1.75. The van der Waals surface area contributed by atoms with Gasteiger partial charge in [-0.1, -0.05) is 13.8 Å². The van der Waals surface area contributed by atoms with Crippen molar-refractivity contribution >= 4 is 11.4 Å². The Morgan fingerprint density at radius 2 is 2.18 bits per heavy atom. The maximum absolute atomic E-state index is 9.86. The lowest BCUT2D eigenvalue weighted by atomic mass is 9.79. The normalized spacial score (nSPS) is 22.8. The summed E-state index contributed by atoms with van der Waals surface area (Å²) in [6.07, 6.45) is -0.128. The number of hydrogen-bond donors (Lipinski definition) is 4. The largest absolute Gasteiger partial charge is 0.507 e. The van der Waals surface area contributed by atoms with E-state index in [0.717, 1.165) is 0 Å². The highest BCUT2D eigenvalue weighted by atomic mass is 16.3. The quantitative estimate of drug-likeness (QED) is 0.432. The number of nitrogens with zero attached hydrogens (tertiary/aromatic N) is 1. The Morgan fingerprint density at radius 3 is 2.82 bits per heavy atom. The molecule has 1 aromatic rings. The van der Waals surface area contributed by atoms with E-state index in [1.165, 1.54) is 0 Å². The molecule has 0 spiro atoms. The van der Waals surface area contributed by atoms with E-state index in [0.29, 0.717) is 23.4 Å². The number of hydrazone groups is 1. The van der Waals surface area contributed by atoms with E-state index in [9.17, 15) is 10.2 Å². The van der Waals surface area contributed by atoms with Crippen LogP contribution in [-0.2, 0) is 0 Å². The monoisotopic (exact) mass is 235 g/mol. The van der Waals surface area contributed by atoms with Crippen LogP contribution >= 0.6 is 0 Å². The highest BCUT2D eigenvalue weighted by Crippen LogP contribution is 2.34. The maximum atomic E-state index is 9.86. The van der Waals surface area contributed by atoms with Crippen LogP contribution in [0.2, 0.25) is 0 Å². The number of rotatable bonds is 1. The third-order valence-electron chi connectivity index (χ3n) is 2.95. The first-order valence-electron chi connectivity index (χ1n) is 5.51. The van der Waals surface area contributed by atoms with Crippen molar-refractivity contribution in [1.29, 1.82) is 0 Å². The zero-order chi connectivity index (χ0) is 12.6. The van der Waals surface area contributed by atoms with Gasteiger partial charge in [-0.25, -0.2) is 0 Å². The van der Waals surface area contributed by atoms with Gasteiger partial charge < -0.3 is 15.9 Å². The van der Waals surface area contributed by atoms with E-state index < -0.39 is 6.23 Å². The molecule has 1 atom stereocenters. The smallest absolute Gasteiger partial charge is 0.140 e. The number of anilines is 1. The first-order chi connectivity index (χ1) is 7.90. The molecule has 1 aromatic carbocycles. The van der Waals surface area contributed by atoms with Gasteiger partial charge in [0.25, 0.3) is 0 Å². The van der Waals surface area contributed by atoms with Crippen molar-refractivity contribution in [2.45, 2.75) is 26.5 Å². The topological polar surface area (TPSA) is 90.9 Å². The minimum Gasteiger partial charge on any atom is -0.507 e. The van der Waals surface area contributed by atoms with Crippen molar-refractivity contribution in [3.8, 4) is 5.75 Å². The summed E-state index contributed by atoms with van der Waals surface area (Å²) >= 11 is 0. The lowest BCUT2D eigenvalue weighted by Gasteiger charge is -2.33. The van der Waals surface area contributed by atoms with E-state index in [1.54, 1.807) is 18.2 Å². The third kappa shape index (κ3) is 2.19. The Morgan fingerprint density at radius 1 is 1.47 bits per heavy atom. The van der Waals surface area contributed by atoms with Gasteiger partial charge in [-0.15, -0.1) is 0 Å². The predicted octanol–water partition coefficient (Wildman–Crippen LogP) is 1.02. The second-order valence-corrected chi connectivity index (χ2v) is 4.97. The van der Waals surface area contributed by atoms with E-state index in [1.807, 2.05) is 13.8 Å². The Kier molecular flexibility index (Phi) is 2.71. The van der Waals surface area contributed by atoms with Crippen LogP contribution in [0.25, 0.3) is 0 Å². The minimum atomic E-state index is -0.656. The van der Waals surface area contributed by atoms with E-state index in [-0.39, 0.29) is 11.2 Å². The number of benzene rings is 1. The molecular weight excluding hydrogens is 218 g/mol. The average molecular weight is 235 g/mol. The van der Waals surface area contributed by atoms with Gasteiger partial charge in [-0.05, 0) is 18.2 Å². The van der Waals surface area contributed by atoms with Crippen LogP contribution in [-0.4, -0.2) is 22.2 Å². The third-order valence-corrected chi connectivity index (χ3v) is 2.95. The molecule has 92 valence electrons. The number of nitrogens with one attached hydrogen (secondary N) is 1. The number of hydrogen-bond acceptors (Lipinski definition) is 5. The lowest BCUT2D eigenvalue weighted by molar-refractivity contribution is 0.0938. The summed E-state index contributed by atoms with van der Waals surface area (Å²) in [5.41, 5.74) is 9.89. The Bertz CT molecular complexity index is 469. The molecule has 5 heteroatoms. The second kappa shape index (κ2) is 3.92. The summed E-state index contributed by atoms with van der Waals surface area (Å²) in [7, 11) is 0. The number of aromatic hydroxyl groups is 1. The molecule has 2 rings (SSSR count). The van der Waals surface area contributed by atoms with Crippen LogP contribution in [0.4, 0.5) is 5.69 Å². The van der Waals surface area contributed by atoms with Gasteiger partial charge in [0.05, 0.1) is 5.71 Å². The number of nitrogens with two attached hydrogens (primary N) is 1. The van der Waals surface area contributed by atoms with Crippen LogP contribution in [0.3, 0.4) is 0 Å². The summed E-state index contributed by atoms with van der Waals surface area (Å²) in [5, 5.41) is 23.5. The maximum Gasteiger partial charge on any atom is 0.140 e. The fraction of sp³-hybridized carbons (Fsp3) is 0.417. The molecule has 1 unspecified atom stereocenters. The van der Waals surface area contributed by atoms with Gasteiger partial charge in [0.1, 0.15) is 12.0 Å². The van der Waals surface area contributed by atoms with Crippen molar-refractivity contribution < 1.29 is 10.2 Å². The first-order valence-corrected chi connectivity index (χ1v) is 5.51. The summed E-state index contributed by atoms with van der Waals surface area (Å²) in [4.78, 5) is 0. The van der Waals surface area contributed by atoms with Gasteiger partial charge in [0.2, 0.25) is 0 Å². The number of phenolic OH excluding ortho intramolecular Hbond substituents is 1. The number of phenols is 1. The van der Waals surface area contributed by atoms with Crippen molar-refractivity contribution in [3.63, 3.8) is 0 Å². The molecule has 17 heavy (non-hydrogen) atoms. The molecule has 0 bridgehead atoms. The van der Waals surface area contributed by atoms with Crippen LogP contribution in [0.15, 0.2) is 23.3 Å². The standard InChI is InChI=1S/C12H17N3O2/c1-12(2)6-10(17)14-15-11(12)8-5-7(13)3-4-9(8)16/h3-5,10,14,16-17H,6,13H2,1-2H3. The lowest BCUT2D eigenvalue weighted by Crippen LogP contribution is -2.42. The molecule has 5 nitrogen and oxygen atoms in total. The Balaban J connectivity index is 2.49. The highest BCUT2D eigenvalue weighted by molar-refractivity contribution is 6.07. The van der Waals surface area contributed by atoms with Crippen LogP contribution < -0.4 is 11.2 Å². The SMILES string of the molecule is CC1(C)CC(O)NN=C1c1cc(N)ccc1O. The zero-order valence-electron chi connectivity index (χ0n) is 9.94. The van der Waals surface area contributed by atoms with Crippen molar-refractivity contribution in [2.75, 3.05) is 5.73 Å². The fourth-order valence-electron chi connectivity index (χ4n) is 2.08. The summed E-state index contributed by atoms with van der Waals surface area (Å²) in [6.45, 7) is 3.94. The molecule has 0 fully saturated rings. The number of aliphatic hydroxyl groups excluding tert-OH is 1. The van der Waals surface area contributed by atoms with E-state index in [2.05, 4.69) is 10.5 Å². The molecule has 0 radical (unpaired) electrons. The first kappa shape index (κ1) is 11.7. The number of aliphatic hydroxyl groups is 1. The summed E-state index contributed by atoms with van der Waals surface area (Å²) in [5.74, 6) is 0.143. The van der Waals surface area contributed by atoms with E-state index in [4.69, 9.17) is 5.73 Å². The second-order valence-electron chi connectivity index (χ2n) is 4.97. The summed E-state index contributed by atoms with van der Waals surface area (Å²) < 4.78 is 0. The van der Waals surface area contributed by atoms with Gasteiger partial charge >= 0.3 is 0 Å². The van der Waals surface area contributed by atoms with Gasteiger partial charge in [-0.3, -0.25) is 5.43 Å². The molecule has 1 heterocycles. The van der Waals surface area contributed by atoms with Crippen LogP contribution in [0, 0.1) is 5.41 Å².